The number of alkyl halides is 2. The molecule has 0 unspecified atom stereocenters. The number of amides is 1. The number of likely N-dealkylation sites (N-methyl/N-ethyl adjacent to an activating group) is 1. The van der Waals surface area contributed by atoms with Crippen LogP contribution in [-0.2, 0) is 11.3 Å². The van der Waals surface area contributed by atoms with Crippen molar-refractivity contribution in [1.29, 1.82) is 5.26 Å². The number of halogens is 2. The van der Waals surface area contributed by atoms with Gasteiger partial charge in [-0.05, 0) is 37.6 Å². The fraction of sp³-hybridized carbons (Fsp3) is 0.548. The Morgan fingerprint density at radius 3 is 2.27 bits per heavy atom. The van der Waals surface area contributed by atoms with E-state index in [1.165, 1.54) is 18.3 Å². The molecule has 11 nitrogen and oxygen atoms in total. The molecule has 1 saturated heterocycles. The van der Waals surface area contributed by atoms with Crippen LogP contribution in [0.5, 0.6) is 0 Å². The Balaban J connectivity index is 0.000000520. The third kappa shape index (κ3) is 9.49. The molecule has 0 atom stereocenters. The van der Waals surface area contributed by atoms with Crippen LogP contribution in [0.25, 0.3) is 11.2 Å². The first-order chi connectivity index (χ1) is 21.0. The third-order valence-corrected chi connectivity index (χ3v) is 7.59. The average molecular weight is 612 g/mol. The molecular formula is C31H43F2N9O2. The number of piperazine rings is 1. The number of rotatable bonds is 7. The van der Waals surface area contributed by atoms with Crippen molar-refractivity contribution in [1.82, 2.24) is 35.2 Å². The Bertz CT molecular complexity index is 1400. The van der Waals surface area contributed by atoms with Gasteiger partial charge in [0.2, 0.25) is 5.82 Å². The number of hydrogen-bond donors (Lipinski definition) is 2. The lowest BCUT2D eigenvalue weighted by Crippen LogP contribution is -2.50. The molecule has 238 valence electrons. The van der Waals surface area contributed by atoms with Crippen LogP contribution < -0.4 is 10.4 Å². The van der Waals surface area contributed by atoms with Crippen molar-refractivity contribution in [3.63, 3.8) is 0 Å². The van der Waals surface area contributed by atoms with E-state index in [4.69, 9.17) is 0 Å². The summed E-state index contributed by atoms with van der Waals surface area (Å²) in [4.78, 5) is 43.8. The largest absolute Gasteiger partial charge is 0.340 e. The number of anilines is 1. The number of ketones is 1. The zero-order chi connectivity index (χ0) is 32.3. The molecule has 2 aliphatic rings. The molecule has 44 heavy (non-hydrogen) atoms. The summed E-state index contributed by atoms with van der Waals surface area (Å²) in [6.07, 6.45) is 6.75. The molecule has 1 aliphatic heterocycles. The minimum absolute atomic E-state index is 0.0305. The van der Waals surface area contributed by atoms with Crippen LogP contribution in [-0.4, -0.2) is 86.6 Å². The number of benzene rings is 1. The normalized spacial score (nSPS) is 16.1. The Labute approximate surface area is 257 Å². The zero-order valence-corrected chi connectivity index (χ0v) is 26.2. The van der Waals surface area contributed by atoms with E-state index in [9.17, 15) is 23.6 Å². The first-order valence-electron chi connectivity index (χ1n) is 15.1. The number of aromatic amines is 1. The summed E-state index contributed by atoms with van der Waals surface area (Å²) in [5.74, 6) is -3.92. The van der Waals surface area contributed by atoms with Gasteiger partial charge in [0.25, 0.3) is 5.91 Å². The van der Waals surface area contributed by atoms with E-state index in [1.54, 1.807) is 0 Å². The van der Waals surface area contributed by atoms with Crippen molar-refractivity contribution in [2.75, 3.05) is 38.2 Å². The van der Waals surface area contributed by atoms with E-state index < -0.39 is 11.7 Å². The van der Waals surface area contributed by atoms with Gasteiger partial charge in [0.1, 0.15) is 11.6 Å². The Kier molecular flexibility index (Phi) is 12.7. The van der Waals surface area contributed by atoms with Gasteiger partial charge in [-0.2, -0.15) is 24.0 Å². The molecule has 1 aliphatic carbocycles. The van der Waals surface area contributed by atoms with Crippen LogP contribution in [0.2, 0.25) is 0 Å². The summed E-state index contributed by atoms with van der Waals surface area (Å²) in [6.45, 7) is 10.6. The highest BCUT2D eigenvalue weighted by Crippen LogP contribution is 2.28. The first kappa shape index (κ1) is 34.5. The Hall–Kier alpha value is -4.02. The third-order valence-electron chi connectivity index (χ3n) is 7.59. The van der Waals surface area contributed by atoms with Crippen molar-refractivity contribution < 1.29 is 18.4 Å². The van der Waals surface area contributed by atoms with Crippen LogP contribution in [0.3, 0.4) is 0 Å². The number of hydrazine groups is 1. The summed E-state index contributed by atoms with van der Waals surface area (Å²) >= 11 is 0. The zero-order valence-electron chi connectivity index (χ0n) is 26.2. The lowest BCUT2D eigenvalue weighted by molar-refractivity contribution is -0.138. The summed E-state index contributed by atoms with van der Waals surface area (Å²) in [5, 5.41) is 11.3. The van der Waals surface area contributed by atoms with Crippen molar-refractivity contribution >= 4 is 28.7 Å². The number of Topliss-reactive ketones (excluding diaryl/α,β-unsaturated/α-hetero) is 1. The van der Waals surface area contributed by atoms with Crippen molar-refractivity contribution in [2.45, 2.75) is 78.3 Å². The van der Waals surface area contributed by atoms with E-state index in [0.717, 1.165) is 65.3 Å². The number of carbonyl (C=O) groups excluding carboxylic acids is 2. The molecule has 0 spiro atoms. The lowest BCUT2D eigenvalue weighted by atomic mass is 9.95. The highest BCUT2D eigenvalue weighted by Gasteiger charge is 2.28. The maximum atomic E-state index is 13.3. The minimum Gasteiger partial charge on any atom is -0.340 e. The van der Waals surface area contributed by atoms with Gasteiger partial charge in [0.15, 0.2) is 17.2 Å². The summed E-state index contributed by atoms with van der Waals surface area (Å²) in [5.41, 5.74) is 5.89. The smallest absolute Gasteiger partial charge is 0.302 e. The molecule has 2 N–H and O–H groups in total. The number of imidazole rings is 1. The van der Waals surface area contributed by atoms with Crippen LogP contribution in [0.1, 0.15) is 81.5 Å². The fourth-order valence-corrected chi connectivity index (χ4v) is 4.90. The van der Waals surface area contributed by atoms with E-state index in [0.29, 0.717) is 29.5 Å². The van der Waals surface area contributed by atoms with Gasteiger partial charge < -0.3 is 9.88 Å². The molecule has 3 heterocycles. The van der Waals surface area contributed by atoms with E-state index in [1.807, 2.05) is 49.2 Å². The lowest BCUT2D eigenvalue weighted by Gasteiger charge is -2.35. The SMILES string of the molecule is CC.CC(=O)C(C)(F)F.CN1CCN(Cc2ccc(C(=O)NN(c3nc(C#N)nc4nc[nH]c34)C3CCCCC3)cc2)CC1. The van der Waals surface area contributed by atoms with Gasteiger partial charge in [-0.3, -0.25) is 24.9 Å². The number of aromatic nitrogens is 4. The van der Waals surface area contributed by atoms with E-state index in [2.05, 4.69) is 42.2 Å². The first-order valence-corrected chi connectivity index (χ1v) is 15.1. The Morgan fingerprint density at radius 2 is 1.70 bits per heavy atom. The quantitative estimate of drug-likeness (QED) is 0.364. The number of hydrogen-bond acceptors (Lipinski definition) is 9. The standard InChI is InChI=1S/C25H31N9O.C4H6F2O.C2H6/c1-32-11-13-33(14-12-32)16-18-7-9-19(10-8-18)25(35)31-34(20-5-3-2-4-6-20)24-22-23(28-17-27-22)29-21(15-26)30-24;1-3(7)4(2,5)6;1-2/h7-10,17,20H,2-6,11-14,16H2,1H3,(H,31,35)(H,27,28,29,30);1-2H3;1-2H3. The number of H-pyrrole nitrogens is 1. The number of nitrogens with zero attached hydrogens (tertiary/aromatic N) is 7. The van der Waals surface area contributed by atoms with Crippen LogP contribution >= 0.6 is 0 Å². The molecule has 2 fully saturated rings. The van der Waals surface area contributed by atoms with Crippen molar-refractivity contribution in [3.8, 4) is 6.07 Å². The summed E-state index contributed by atoms with van der Waals surface area (Å²) in [6, 6.07) is 9.92. The molecule has 13 heteroatoms. The van der Waals surface area contributed by atoms with Gasteiger partial charge in [-0.1, -0.05) is 45.2 Å². The number of nitriles is 1. The molecule has 5 rings (SSSR count). The topological polar surface area (TPSA) is 134 Å². The van der Waals surface area contributed by atoms with Gasteiger partial charge in [-0.25, -0.2) is 4.98 Å². The summed E-state index contributed by atoms with van der Waals surface area (Å²) in [7, 11) is 2.15. The monoisotopic (exact) mass is 611 g/mol. The maximum absolute atomic E-state index is 13.3. The molecule has 1 amide bonds. The highest BCUT2D eigenvalue weighted by molar-refractivity contribution is 5.96. The predicted octanol–water partition coefficient (Wildman–Crippen LogP) is 4.71. The van der Waals surface area contributed by atoms with Gasteiger partial charge in [0.05, 0.1) is 12.4 Å². The van der Waals surface area contributed by atoms with E-state index >= 15 is 0 Å². The Morgan fingerprint density at radius 1 is 1.09 bits per heavy atom. The number of carbonyl (C=O) groups is 2. The van der Waals surface area contributed by atoms with Crippen LogP contribution in [0, 0.1) is 11.3 Å². The van der Waals surface area contributed by atoms with E-state index in [-0.39, 0.29) is 17.8 Å². The number of fused-ring (bicyclic) bond motifs is 1. The van der Waals surface area contributed by atoms with Crippen LogP contribution in [0.4, 0.5) is 14.6 Å². The second kappa shape index (κ2) is 16.2. The molecule has 0 radical (unpaired) electrons. The van der Waals surface area contributed by atoms with Gasteiger partial charge in [-0.15, -0.1) is 0 Å². The van der Waals surface area contributed by atoms with Crippen molar-refractivity contribution in [3.05, 3.63) is 47.5 Å². The molecule has 1 saturated carbocycles. The van der Waals surface area contributed by atoms with Crippen LogP contribution in [0.15, 0.2) is 30.6 Å². The molecular weight excluding hydrogens is 568 g/mol. The fourth-order valence-electron chi connectivity index (χ4n) is 4.90. The molecule has 3 aromatic rings. The maximum Gasteiger partial charge on any atom is 0.302 e. The van der Waals surface area contributed by atoms with Gasteiger partial charge >= 0.3 is 5.92 Å². The number of nitrogens with one attached hydrogen (secondary N) is 2. The minimum atomic E-state index is -3.14. The predicted molar refractivity (Wildman–Crippen MR) is 165 cm³/mol. The van der Waals surface area contributed by atoms with Crippen molar-refractivity contribution in [2.24, 2.45) is 0 Å². The summed E-state index contributed by atoms with van der Waals surface area (Å²) < 4.78 is 23.0. The second-order valence-corrected chi connectivity index (χ2v) is 10.9. The molecule has 0 bridgehead atoms. The molecule has 1 aromatic carbocycles. The second-order valence-electron chi connectivity index (χ2n) is 10.9. The molecule has 2 aromatic heterocycles. The average Bonchev–Trinajstić information content (AvgIpc) is 3.51. The highest BCUT2D eigenvalue weighted by atomic mass is 19.3. The van der Waals surface area contributed by atoms with Gasteiger partial charge in [0, 0.05) is 52.1 Å².